The zero-order valence-electron chi connectivity index (χ0n) is 14.9. The molecule has 142 valence electrons. The van der Waals surface area contributed by atoms with Crippen molar-refractivity contribution in [3.8, 4) is 0 Å². The van der Waals surface area contributed by atoms with Crippen LogP contribution in [-0.4, -0.2) is 35.0 Å². The summed E-state index contributed by atoms with van der Waals surface area (Å²) < 4.78 is 5.07. The number of nitrogens with one attached hydrogen (secondary N) is 1. The highest BCUT2D eigenvalue weighted by Crippen LogP contribution is 2.16. The average molecular weight is 407 g/mol. The lowest BCUT2D eigenvalue weighted by Crippen LogP contribution is -2.30. The van der Waals surface area contributed by atoms with Crippen LogP contribution in [0, 0.1) is 0 Å². The number of carbonyl (C=O) groups is 3. The number of amides is 1. The Labute approximate surface area is 166 Å². The van der Waals surface area contributed by atoms with Crippen molar-refractivity contribution < 1.29 is 19.1 Å². The highest BCUT2D eigenvalue weighted by molar-refractivity contribution is 7.98. The molecule has 0 aliphatic heterocycles. The third-order valence-corrected chi connectivity index (χ3v) is 4.59. The van der Waals surface area contributed by atoms with Gasteiger partial charge in [-0.05, 0) is 37.4 Å². The first kappa shape index (κ1) is 20.9. The van der Waals surface area contributed by atoms with Crippen molar-refractivity contribution in [1.82, 2.24) is 4.98 Å². The summed E-state index contributed by atoms with van der Waals surface area (Å²) >= 11 is 7.31. The molecule has 8 heteroatoms. The third-order valence-electron chi connectivity index (χ3n) is 3.62. The predicted molar refractivity (Wildman–Crippen MR) is 105 cm³/mol. The lowest BCUT2D eigenvalue weighted by molar-refractivity contribution is -0.153. The Morgan fingerprint density at radius 3 is 2.44 bits per heavy atom. The van der Waals surface area contributed by atoms with E-state index in [9.17, 15) is 14.4 Å². The van der Waals surface area contributed by atoms with Crippen LogP contribution >= 0.6 is 23.4 Å². The zero-order valence-corrected chi connectivity index (χ0v) is 16.5. The Morgan fingerprint density at radius 2 is 1.85 bits per heavy atom. The van der Waals surface area contributed by atoms with Crippen molar-refractivity contribution in [3.05, 3.63) is 53.2 Å². The minimum atomic E-state index is -1.01. The topological polar surface area (TPSA) is 85.4 Å². The fraction of sp³-hybridized carbons (Fsp3) is 0.263. The van der Waals surface area contributed by atoms with Gasteiger partial charge in [0, 0.05) is 23.1 Å². The molecule has 1 amide bonds. The molecule has 2 rings (SSSR count). The van der Waals surface area contributed by atoms with Crippen LogP contribution in [0.2, 0.25) is 5.02 Å². The minimum absolute atomic E-state index is 0.0184. The summed E-state index contributed by atoms with van der Waals surface area (Å²) in [6.07, 6.45) is 2.26. The molecule has 0 saturated heterocycles. The monoisotopic (exact) mass is 406 g/mol. The summed E-state index contributed by atoms with van der Waals surface area (Å²) in [4.78, 5) is 41.0. The summed E-state index contributed by atoms with van der Waals surface area (Å²) in [6.45, 7) is 1.45. The molecular weight excluding hydrogens is 388 g/mol. The van der Waals surface area contributed by atoms with Gasteiger partial charge in [-0.3, -0.25) is 14.4 Å². The van der Waals surface area contributed by atoms with Crippen LogP contribution in [0.3, 0.4) is 0 Å². The molecule has 0 aliphatic rings. The average Bonchev–Trinajstić information content (AvgIpc) is 2.67. The van der Waals surface area contributed by atoms with Crippen LogP contribution < -0.4 is 5.32 Å². The predicted octanol–water partition coefficient (Wildman–Crippen LogP) is 3.99. The molecule has 6 nitrogen and oxygen atoms in total. The number of hydrogen-bond acceptors (Lipinski definition) is 6. The van der Waals surface area contributed by atoms with Crippen LogP contribution in [0.4, 0.5) is 5.82 Å². The Morgan fingerprint density at radius 1 is 1.15 bits per heavy atom. The maximum Gasteiger partial charge on any atom is 0.307 e. The number of Topliss-reactive ketones (excluding diaryl/α,β-unsaturated/α-hetero) is 1. The molecule has 0 saturated carbocycles. The van der Waals surface area contributed by atoms with Crippen molar-refractivity contribution in [2.75, 3.05) is 11.6 Å². The fourth-order valence-electron chi connectivity index (χ4n) is 2.12. The normalized spacial score (nSPS) is 11.5. The van der Waals surface area contributed by atoms with Gasteiger partial charge >= 0.3 is 5.97 Å². The SMILES string of the molecule is CSc1ccc(C(=O)CCC(=O)O[C@H](C)C(=O)Nc2ccc(Cl)cn2)cc1. The van der Waals surface area contributed by atoms with Gasteiger partial charge in [-0.25, -0.2) is 4.98 Å². The van der Waals surface area contributed by atoms with Gasteiger partial charge < -0.3 is 10.1 Å². The highest BCUT2D eigenvalue weighted by atomic mass is 35.5. The number of hydrogen-bond donors (Lipinski definition) is 1. The molecule has 2 aromatic rings. The second-order valence-corrected chi connectivity index (χ2v) is 6.95. The fourth-order valence-corrected chi connectivity index (χ4v) is 2.64. The van der Waals surface area contributed by atoms with Gasteiger partial charge in [0.15, 0.2) is 11.9 Å². The molecule has 0 bridgehead atoms. The van der Waals surface area contributed by atoms with E-state index in [0.717, 1.165) is 4.90 Å². The lowest BCUT2D eigenvalue weighted by Gasteiger charge is -2.13. The quantitative estimate of drug-likeness (QED) is 0.405. The molecule has 0 fully saturated rings. The van der Waals surface area contributed by atoms with Gasteiger partial charge in [0.25, 0.3) is 5.91 Å². The molecular formula is C19H19ClN2O4S. The smallest absolute Gasteiger partial charge is 0.307 e. The Balaban J connectivity index is 1.78. The largest absolute Gasteiger partial charge is 0.453 e. The standard InChI is InChI=1S/C19H19ClN2O4S/c1-12(19(25)22-17-9-5-14(20)11-21-17)26-18(24)10-8-16(23)13-3-6-15(27-2)7-4-13/h3-7,9,11-12H,8,10H2,1-2H3,(H,21,22,25)/t12-/m1/s1. The molecule has 0 unspecified atom stereocenters. The van der Waals surface area contributed by atoms with E-state index >= 15 is 0 Å². The van der Waals surface area contributed by atoms with Gasteiger partial charge in [-0.1, -0.05) is 23.7 Å². The molecule has 0 radical (unpaired) electrons. The number of ether oxygens (including phenoxy) is 1. The molecule has 1 aromatic heterocycles. The number of anilines is 1. The first-order valence-corrected chi connectivity index (χ1v) is 9.78. The van der Waals surface area contributed by atoms with E-state index < -0.39 is 18.0 Å². The number of pyridine rings is 1. The van der Waals surface area contributed by atoms with Crippen molar-refractivity contribution in [3.63, 3.8) is 0 Å². The second kappa shape index (κ2) is 10.1. The first-order chi connectivity index (χ1) is 12.9. The molecule has 1 heterocycles. The molecule has 1 aromatic carbocycles. The highest BCUT2D eigenvalue weighted by Gasteiger charge is 2.19. The molecule has 0 spiro atoms. The number of carbonyl (C=O) groups excluding carboxylic acids is 3. The van der Waals surface area contributed by atoms with E-state index in [1.165, 1.54) is 19.2 Å². The van der Waals surface area contributed by atoms with Crippen molar-refractivity contribution in [2.45, 2.75) is 30.8 Å². The number of halogens is 1. The number of benzene rings is 1. The summed E-state index contributed by atoms with van der Waals surface area (Å²) in [7, 11) is 0. The maximum atomic E-state index is 12.1. The summed E-state index contributed by atoms with van der Waals surface area (Å²) in [5, 5.41) is 2.97. The van der Waals surface area contributed by atoms with E-state index in [4.69, 9.17) is 16.3 Å². The number of aromatic nitrogens is 1. The maximum absolute atomic E-state index is 12.1. The lowest BCUT2D eigenvalue weighted by atomic mass is 10.1. The number of nitrogens with zero attached hydrogens (tertiary/aromatic N) is 1. The molecule has 1 atom stereocenters. The number of thioether (sulfide) groups is 1. The second-order valence-electron chi connectivity index (χ2n) is 5.63. The molecule has 0 aliphatic carbocycles. The van der Waals surface area contributed by atoms with Crippen LogP contribution in [0.1, 0.15) is 30.1 Å². The number of esters is 1. The van der Waals surface area contributed by atoms with Crippen LogP contribution in [0.25, 0.3) is 0 Å². The molecule has 27 heavy (non-hydrogen) atoms. The van der Waals surface area contributed by atoms with Gasteiger partial charge in [0.05, 0.1) is 11.4 Å². The van der Waals surface area contributed by atoms with E-state index in [2.05, 4.69) is 10.3 Å². The summed E-state index contributed by atoms with van der Waals surface area (Å²) in [5.41, 5.74) is 0.542. The summed E-state index contributed by atoms with van der Waals surface area (Å²) in [5.74, 6) is -0.980. The zero-order chi connectivity index (χ0) is 19.8. The van der Waals surface area contributed by atoms with Gasteiger partial charge in [-0.2, -0.15) is 0 Å². The Kier molecular flexibility index (Phi) is 7.82. The van der Waals surface area contributed by atoms with Crippen LogP contribution in [0.5, 0.6) is 0 Å². The summed E-state index contributed by atoms with van der Waals surface area (Å²) in [6, 6.07) is 10.3. The van der Waals surface area contributed by atoms with Gasteiger partial charge in [-0.15, -0.1) is 11.8 Å². The third kappa shape index (κ3) is 6.69. The van der Waals surface area contributed by atoms with Crippen molar-refractivity contribution >= 4 is 46.8 Å². The number of ketones is 1. The van der Waals surface area contributed by atoms with Crippen molar-refractivity contribution in [2.24, 2.45) is 0 Å². The minimum Gasteiger partial charge on any atom is -0.453 e. The van der Waals surface area contributed by atoms with E-state index in [1.54, 1.807) is 30.0 Å². The molecule has 1 N–H and O–H groups in total. The van der Waals surface area contributed by atoms with Crippen LogP contribution in [-0.2, 0) is 14.3 Å². The van der Waals surface area contributed by atoms with E-state index in [0.29, 0.717) is 16.4 Å². The number of rotatable bonds is 8. The van der Waals surface area contributed by atoms with Crippen LogP contribution in [0.15, 0.2) is 47.5 Å². The Bertz CT molecular complexity index is 809. The van der Waals surface area contributed by atoms with E-state index in [1.807, 2.05) is 18.4 Å². The van der Waals surface area contributed by atoms with Crippen molar-refractivity contribution in [1.29, 1.82) is 0 Å². The van der Waals surface area contributed by atoms with Gasteiger partial charge in [0.1, 0.15) is 5.82 Å². The first-order valence-electron chi connectivity index (χ1n) is 8.18. The van der Waals surface area contributed by atoms with E-state index in [-0.39, 0.29) is 18.6 Å². The Hall–Kier alpha value is -2.38. The van der Waals surface area contributed by atoms with Gasteiger partial charge in [0.2, 0.25) is 0 Å².